The number of carbonyl (C=O) groups excluding carboxylic acids is 1. The molecule has 1 heterocycles. The Balaban J connectivity index is 2.17. The van der Waals surface area contributed by atoms with Crippen LogP contribution in [-0.2, 0) is 4.79 Å². The molecule has 1 aromatic carbocycles. The molecule has 0 saturated heterocycles. The molecule has 22 heavy (non-hydrogen) atoms. The van der Waals surface area contributed by atoms with Crippen LogP contribution in [0, 0.1) is 17.0 Å². The number of benzene rings is 1. The number of methoxy groups -OCH3 is 1. The number of amides is 1. The van der Waals surface area contributed by atoms with Crippen molar-refractivity contribution in [2.75, 3.05) is 12.4 Å². The zero-order valence-corrected chi connectivity index (χ0v) is 12.4. The number of hydrogen-bond donors (Lipinski definition) is 1. The molecular weight excluding hydrogens is 288 g/mol. The zero-order valence-electron chi connectivity index (χ0n) is 12.4. The molecule has 1 N–H and O–H groups in total. The van der Waals surface area contributed by atoms with Gasteiger partial charge >= 0.3 is 5.69 Å². The van der Waals surface area contributed by atoms with E-state index in [1.165, 1.54) is 18.0 Å². The summed E-state index contributed by atoms with van der Waals surface area (Å²) in [5.41, 5.74) is 1.35. The quantitative estimate of drug-likeness (QED) is 0.675. The van der Waals surface area contributed by atoms with Crippen LogP contribution in [0.25, 0.3) is 0 Å². The summed E-state index contributed by atoms with van der Waals surface area (Å²) in [4.78, 5) is 22.4. The Morgan fingerprint density at radius 3 is 2.82 bits per heavy atom. The smallest absolute Gasteiger partial charge is 0.307 e. The van der Waals surface area contributed by atoms with Gasteiger partial charge in [0.1, 0.15) is 24.2 Å². The van der Waals surface area contributed by atoms with Gasteiger partial charge in [0.25, 0.3) is 0 Å². The van der Waals surface area contributed by atoms with E-state index in [-0.39, 0.29) is 11.6 Å². The average Bonchev–Trinajstić information content (AvgIpc) is 2.96. The second-order valence-corrected chi connectivity index (χ2v) is 4.80. The number of hydrogen-bond acceptors (Lipinski definition) is 5. The monoisotopic (exact) mass is 304 g/mol. The van der Waals surface area contributed by atoms with Crippen LogP contribution < -0.4 is 10.1 Å². The van der Waals surface area contributed by atoms with Gasteiger partial charge in [-0.1, -0.05) is 6.07 Å². The fourth-order valence-electron chi connectivity index (χ4n) is 1.91. The maximum Gasteiger partial charge on any atom is 0.307 e. The molecule has 0 unspecified atom stereocenters. The first-order chi connectivity index (χ1) is 10.4. The van der Waals surface area contributed by atoms with Crippen LogP contribution in [0.2, 0.25) is 0 Å². The molecule has 2 aromatic rings. The van der Waals surface area contributed by atoms with E-state index < -0.39 is 11.0 Å². The minimum atomic E-state index is -0.695. The number of nitrogens with zero attached hydrogens (tertiary/aromatic N) is 3. The van der Waals surface area contributed by atoms with Gasteiger partial charge in [0.05, 0.1) is 17.7 Å². The fraction of sp³-hybridized carbons (Fsp3) is 0.286. The van der Waals surface area contributed by atoms with Crippen molar-refractivity contribution < 1.29 is 14.5 Å². The SMILES string of the molecule is COc1ccc(C)cc1NC(=O)[C@H](C)n1cc([N+](=O)[O-])cn1. The van der Waals surface area contributed by atoms with Crippen LogP contribution in [0.15, 0.2) is 30.6 Å². The number of rotatable bonds is 5. The van der Waals surface area contributed by atoms with E-state index in [4.69, 9.17) is 4.74 Å². The van der Waals surface area contributed by atoms with E-state index in [1.54, 1.807) is 19.1 Å². The Morgan fingerprint density at radius 2 is 2.23 bits per heavy atom. The first-order valence-electron chi connectivity index (χ1n) is 6.56. The van der Waals surface area contributed by atoms with E-state index in [0.717, 1.165) is 11.8 Å². The molecule has 8 heteroatoms. The highest BCUT2D eigenvalue weighted by atomic mass is 16.6. The van der Waals surface area contributed by atoms with Crippen molar-refractivity contribution >= 4 is 17.3 Å². The number of ether oxygens (including phenoxy) is 1. The number of carbonyl (C=O) groups is 1. The number of anilines is 1. The molecule has 0 spiro atoms. The molecule has 2 rings (SSSR count). The lowest BCUT2D eigenvalue weighted by Gasteiger charge is -2.15. The van der Waals surface area contributed by atoms with Crippen molar-refractivity contribution in [3.8, 4) is 5.75 Å². The molecule has 116 valence electrons. The first kappa shape index (κ1) is 15.5. The lowest BCUT2D eigenvalue weighted by Crippen LogP contribution is -2.24. The van der Waals surface area contributed by atoms with Crippen molar-refractivity contribution in [3.05, 3.63) is 46.3 Å². The van der Waals surface area contributed by atoms with Crippen LogP contribution in [-0.4, -0.2) is 27.7 Å². The maximum atomic E-state index is 12.3. The van der Waals surface area contributed by atoms with Crippen LogP contribution in [0.1, 0.15) is 18.5 Å². The molecule has 0 saturated carbocycles. The molecule has 8 nitrogen and oxygen atoms in total. The van der Waals surface area contributed by atoms with Gasteiger partial charge in [-0.15, -0.1) is 0 Å². The van der Waals surface area contributed by atoms with Crippen molar-refractivity contribution in [1.82, 2.24) is 9.78 Å². The molecule has 0 aliphatic heterocycles. The third-order valence-corrected chi connectivity index (χ3v) is 3.19. The predicted octanol–water partition coefficient (Wildman–Crippen LogP) is 2.31. The van der Waals surface area contributed by atoms with Gasteiger partial charge in [0, 0.05) is 0 Å². The van der Waals surface area contributed by atoms with Gasteiger partial charge in [-0.05, 0) is 31.5 Å². The topological polar surface area (TPSA) is 99.3 Å². The van der Waals surface area contributed by atoms with Crippen LogP contribution in [0.4, 0.5) is 11.4 Å². The van der Waals surface area contributed by atoms with Gasteiger partial charge in [-0.3, -0.25) is 19.6 Å². The lowest BCUT2D eigenvalue weighted by molar-refractivity contribution is -0.385. The van der Waals surface area contributed by atoms with Gasteiger partial charge < -0.3 is 10.1 Å². The van der Waals surface area contributed by atoms with Crippen molar-refractivity contribution in [1.29, 1.82) is 0 Å². The largest absolute Gasteiger partial charge is 0.495 e. The van der Waals surface area contributed by atoms with E-state index in [2.05, 4.69) is 10.4 Å². The normalized spacial score (nSPS) is 11.8. The summed E-state index contributed by atoms with van der Waals surface area (Å²) in [6.45, 7) is 3.50. The highest BCUT2D eigenvalue weighted by Crippen LogP contribution is 2.26. The molecule has 0 fully saturated rings. The Hall–Kier alpha value is -2.90. The number of aromatic nitrogens is 2. The Kier molecular flexibility index (Phi) is 4.40. The molecule has 1 amide bonds. The standard InChI is InChI=1S/C14H16N4O4/c1-9-4-5-13(22-3)12(6-9)16-14(19)10(2)17-8-11(7-15-17)18(20)21/h4-8,10H,1-3H3,(H,16,19)/t10-/m0/s1. The van der Waals surface area contributed by atoms with E-state index in [9.17, 15) is 14.9 Å². The first-order valence-corrected chi connectivity index (χ1v) is 6.56. The number of nitro groups is 1. The van der Waals surface area contributed by atoms with Gasteiger partial charge in [-0.25, -0.2) is 0 Å². The summed E-state index contributed by atoms with van der Waals surface area (Å²) in [5.74, 6) is 0.194. The summed E-state index contributed by atoms with van der Waals surface area (Å²) >= 11 is 0. The van der Waals surface area contributed by atoms with E-state index >= 15 is 0 Å². The van der Waals surface area contributed by atoms with Crippen molar-refractivity contribution in [3.63, 3.8) is 0 Å². The number of aryl methyl sites for hydroxylation is 1. The van der Waals surface area contributed by atoms with Gasteiger partial charge in [0.2, 0.25) is 5.91 Å². The second-order valence-electron chi connectivity index (χ2n) is 4.80. The average molecular weight is 304 g/mol. The van der Waals surface area contributed by atoms with Gasteiger partial charge in [-0.2, -0.15) is 5.10 Å². The Labute approximate surface area is 126 Å². The van der Waals surface area contributed by atoms with Crippen LogP contribution in [0.5, 0.6) is 5.75 Å². The third-order valence-electron chi connectivity index (χ3n) is 3.19. The third kappa shape index (κ3) is 3.22. The predicted molar refractivity (Wildman–Crippen MR) is 80.0 cm³/mol. The maximum absolute atomic E-state index is 12.3. The second kappa shape index (κ2) is 6.25. The highest BCUT2D eigenvalue weighted by molar-refractivity contribution is 5.94. The fourth-order valence-corrected chi connectivity index (χ4v) is 1.91. The van der Waals surface area contributed by atoms with Crippen LogP contribution >= 0.6 is 0 Å². The minimum absolute atomic E-state index is 0.159. The zero-order chi connectivity index (χ0) is 16.3. The molecule has 1 atom stereocenters. The Bertz CT molecular complexity index is 711. The summed E-state index contributed by atoms with van der Waals surface area (Å²) in [6, 6.07) is 4.72. The van der Waals surface area contributed by atoms with E-state index in [0.29, 0.717) is 11.4 Å². The summed E-state index contributed by atoms with van der Waals surface area (Å²) < 4.78 is 6.44. The van der Waals surface area contributed by atoms with Crippen molar-refractivity contribution in [2.45, 2.75) is 19.9 Å². The van der Waals surface area contributed by atoms with E-state index in [1.807, 2.05) is 13.0 Å². The lowest BCUT2D eigenvalue weighted by atomic mass is 10.2. The highest BCUT2D eigenvalue weighted by Gasteiger charge is 2.20. The summed E-state index contributed by atoms with van der Waals surface area (Å²) in [5, 5.41) is 17.2. The summed E-state index contributed by atoms with van der Waals surface area (Å²) in [6.07, 6.45) is 2.33. The molecular formula is C14H16N4O4. The molecule has 0 radical (unpaired) electrons. The van der Waals surface area contributed by atoms with Gasteiger partial charge in [0.15, 0.2) is 0 Å². The van der Waals surface area contributed by atoms with Crippen LogP contribution in [0.3, 0.4) is 0 Å². The van der Waals surface area contributed by atoms with Crippen molar-refractivity contribution in [2.24, 2.45) is 0 Å². The molecule has 0 aliphatic carbocycles. The minimum Gasteiger partial charge on any atom is -0.495 e. The molecule has 1 aromatic heterocycles. The number of nitrogens with one attached hydrogen (secondary N) is 1. The Morgan fingerprint density at radius 1 is 1.50 bits per heavy atom. The molecule has 0 aliphatic rings. The molecule has 0 bridgehead atoms. The summed E-state index contributed by atoms with van der Waals surface area (Å²) in [7, 11) is 1.51.